The average molecular weight is 388 g/mol. The number of nitrogens with zero attached hydrogens (tertiary/aromatic N) is 1. The van der Waals surface area contributed by atoms with Gasteiger partial charge in [-0.25, -0.2) is 4.39 Å². The Balaban J connectivity index is 2.09. The fourth-order valence-electron chi connectivity index (χ4n) is 2.91. The standard InChI is InChI=1S/C16H19BrFNO4/c1-23-10-16(15(21)22)5-2-6-19(9-16)14(20)8-11-3-4-12(17)13(18)7-11/h3-4,7H,2,5-6,8-10H2,1H3,(H,21,22). The molecule has 0 saturated carbocycles. The molecule has 126 valence electrons. The van der Waals surface area contributed by atoms with Gasteiger partial charge in [0.05, 0.1) is 17.5 Å². The molecule has 1 unspecified atom stereocenters. The Morgan fingerprint density at radius 1 is 1.48 bits per heavy atom. The number of carboxylic acid groups (broad SMARTS) is 1. The van der Waals surface area contributed by atoms with Gasteiger partial charge >= 0.3 is 5.97 Å². The molecule has 1 heterocycles. The molecule has 0 spiro atoms. The fraction of sp³-hybridized carbons (Fsp3) is 0.500. The van der Waals surface area contributed by atoms with E-state index in [0.717, 1.165) is 0 Å². The fourth-order valence-corrected chi connectivity index (χ4v) is 3.16. The summed E-state index contributed by atoms with van der Waals surface area (Å²) in [5, 5.41) is 9.50. The van der Waals surface area contributed by atoms with Crippen molar-refractivity contribution in [1.82, 2.24) is 4.90 Å². The van der Waals surface area contributed by atoms with Gasteiger partial charge in [0.25, 0.3) is 0 Å². The number of rotatable bonds is 5. The number of carbonyl (C=O) groups excluding carboxylic acids is 1. The second-order valence-corrected chi connectivity index (χ2v) is 6.72. The quantitative estimate of drug-likeness (QED) is 0.842. The highest BCUT2D eigenvalue weighted by Crippen LogP contribution is 2.31. The Morgan fingerprint density at radius 2 is 2.22 bits per heavy atom. The van der Waals surface area contributed by atoms with E-state index in [0.29, 0.717) is 29.4 Å². The number of likely N-dealkylation sites (tertiary alicyclic amines) is 1. The topological polar surface area (TPSA) is 66.8 Å². The van der Waals surface area contributed by atoms with E-state index in [4.69, 9.17) is 4.74 Å². The number of ether oxygens (including phenoxy) is 1. The lowest BCUT2D eigenvalue weighted by Gasteiger charge is -2.39. The van der Waals surface area contributed by atoms with E-state index < -0.39 is 17.2 Å². The van der Waals surface area contributed by atoms with E-state index in [-0.39, 0.29) is 25.5 Å². The maximum atomic E-state index is 13.5. The maximum absolute atomic E-state index is 13.5. The van der Waals surface area contributed by atoms with Crippen LogP contribution in [0.2, 0.25) is 0 Å². The lowest BCUT2D eigenvalue weighted by Crippen LogP contribution is -2.52. The number of amides is 1. The molecule has 1 atom stereocenters. The second kappa shape index (κ2) is 7.40. The van der Waals surface area contributed by atoms with Crippen LogP contribution in [0.4, 0.5) is 4.39 Å². The Labute approximate surface area is 142 Å². The Bertz CT molecular complexity index is 606. The lowest BCUT2D eigenvalue weighted by molar-refractivity contribution is -0.159. The first-order chi connectivity index (χ1) is 10.9. The van der Waals surface area contributed by atoms with Crippen LogP contribution in [0.3, 0.4) is 0 Å². The number of halogens is 2. The second-order valence-electron chi connectivity index (χ2n) is 5.86. The first kappa shape index (κ1) is 17.9. The minimum absolute atomic E-state index is 0.0485. The number of piperidine rings is 1. The van der Waals surface area contributed by atoms with E-state index in [2.05, 4.69) is 15.9 Å². The molecule has 1 N–H and O–H groups in total. The summed E-state index contributed by atoms with van der Waals surface area (Å²) in [4.78, 5) is 25.6. The number of carboxylic acids is 1. The zero-order chi connectivity index (χ0) is 17.0. The van der Waals surface area contributed by atoms with E-state index in [9.17, 15) is 19.1 Å². The number of aliphatic carboxylic acids is 1. The number of hydrogen-bond acceptors (Lipinski definition) is 3. The third-order valence-electron chi connectivity index (χ3n) is 4.14. The van der Waals surface area contributed by atoms with Gasteiger partial charge in [-0.1, -0.05) is 6.07 Å². The zero-order valence-electron chi connectivity index (χ0n) is 12.8. The van der Waals surface area contributed by atoms with Gasteiger partial charge in [-0.05, 0) is 46.5 Å². The molecule has 1 aromatic rings. The molecule has 1 fully saturated rings. The highest BCUT2D eigenvalue weighted by molar-refractivity contribution is 9.10. The summed E-state index contributed by atoms with van der Waals surface area (Å²) in [6, 6.07) is 4.54. The predicted molar refractivity (Wildman–Crippen MR) is 85.6 cm³/mol. The summed E-state index contributed by atoms with van der Waals surface area (Å²) in [5.74, 6) is -1.58. The van der Waals surface area contributed by atoms with Crippen molar-refractivity contribution in [3.8, 4) is 0 Å². The van der Waals surface area contributed by atoms with Crippen molar-refractivity contribution in [3.63, 3.8) is 0 Å². The van der Waals surface area contributed by atoms with Crippen molar-refractivity contribution in [2.24, 2.45) is 5.41 Å². The molecular formula is C16H19BrFNO4. The molecule has 23 heavy (non-hydrogen) atoms. The molecule has 5 nitrogen and oxygen atoms in total. The van der Waals surface area contributed by atoms with Gasteiger partial charge in [0, 0.05) is 20.2 Å². The lowest BCUT2D eigenvalue weighted by atomic mass is 9.80. The molecular weight excluding hydrogens is 369 g/mol. The zero-order valence-corrected chi connectivity index (χ0v) is 14.4. The molecule has 2 rings (SSSR count). The van der Waals surface area contributed by atoms with Crippen LogP contribution < -0.4 is 0 Å². The van der Waals surface area contributed by atoms with Gasteiger partial charge in [-0.2, -0.15) is 0 Å². The minimum atomic E-state index is -1.06. The summed E-state index contributed by atoms with van der Waals surface area (Å²) in [7, 11) is 1.45. The number of benzene rings is 1. The monoisotopic (exact) mass is 387 g/mol. The molecule has 1 aromatic carbocycles. The molecule has 1 saturated heterocycles. The molecule has 1 aliphatic rings. The molecule has 0 radical (unpaired) electrons. The van der Waals surface area contributed by atoms with E-state index in [1.54, 1.807) is 12.1 Å². The van der Waals surface area contributed by atoms with Gasteiger partial charge in [-0.15, -0.1) is 0 Å². The van der Waals surface area contributed by atoms with Gasteiger partial charge in [0.15, 0.2) is 0 Å². The van der Waals surface area contributed by atoms with Crippen LogP contribution in [0.15, 0.2) is 22.7 Å². The highest BCUT2D eigenvalue weighted by Gasteiger charge is 2.43. The van der Waals surface area contributed by atoms with Crippen LogP contribution in [0.25, 0.3) is 0 Å². The van der Waals surface area contributed by atoms with E-state index >= 15 is 0 Å². The predicted octanol–water partition coefficient (Wildman–Crippen LogP) is 2.47. The number of carbonyl (C=O) groups is 2. The summed E-state index contributed by atoms with van der Waals surface area (Å²) in [6.07, 6.45) is 1.13. The summed E-state index contributed by atoms with van der Waals surface area (Å²) in [6.45, 7) is 0.698. The highest BCUT2D eigenvalue weighted by atomic mass is 79.9. The van der Waals surface area contributed by atoms with Crippen molar-refractivity contribution >= 4 is 27.8 Å². The third-order valence-corrected chi connectivity index (χ3v) is 4.79. The minimum Gasteiger partial charge on any atom is -0.481 e. The van der Waals surface area contributed by atoms with Gasteiger partial charge in [-0.3, -0.25) is 9.59 Å². The molecule has 0 aliphatic carbocycles. The molecule has 7 heteroatoms. The van der Waals surface area contributed by atoms with Crippen LogP contribution in [0, 0.1) is 11.2 Å². The average Bonchev–Trinajstić information content (AvgIpc) is 2.51. The Hall–Kier alpha value is -1.47. The number of hydrogen-bond donors (Lipinski definition) is 1. The SMILES string of the molecule is COCC1(C(=O)O)CCCN(C(=O)Cc2ccc(Br)c(F)c2)C1. The van der Waals surface area contributed by atoms with E-state index in [1.807, 2.05) is 0 Å². The van der Waals surface area contributed by atoms with Crippen LogP contribution in [-0.4, -0.2) is 48.7 Å². The van der Waals surface area contributed by atoms with Gasteiger partial charge < -0.3 is 14.7 Å². The van der Waals surface area contributed by atoms with Crippen molar-refractivity contribution in [2.75, 3.05) is 26.8 Å². The summed E-state index contributed by atoms with van der Waals surface area (Å²) in [5.41, 5.74) is -0.498. The van der Waals surface area contributed by atoms with Crippen molar-refractivity contribution in [2.45, 2.75) is 19.3 Å². The van der Waals surface area contributed by atoms with Crippen LogP contribution in [-0.2, 0) is 20.7 Å². The van der Waals surface area contributed by atoms with Crippen LogP contribution in [0.5, 0.6) is 0 Å². The van der Waals surface area contributed by atoms with Gasteiger partial charge in [0.2, 0.25) is 5.91 Å². The smallest absolute Gasteiger partial charge is 0.313 e. The maximum Gasteiger partial charge on any atom is 0.313 e. The first-order valence-corrected chi connectivity index (χ1v) is 8.11. The number of methoxy groups -OCH3 is 1. The van der Waals surface area contributed by atoms with E-state index in [1.165, 1.54) is 18.1 Å². The molecule has 0 bridgehead atoms. The van der Waals surface area contributed by atoms with Crippen LogP contribution >= 0.6 is 15.9 Å². The summed E-state index contributed by atoms with van der Waals surface area (Å²) >= 11 is 3.07. The normalized spacial score (nSPS) is 21.3. The largest absolute Gasteiger partial charge is 0.481 e. The third kappa shape index (κ3) is 4.09. The Morgan fingerprint density at radius 3 is 2.83 bits per heavy atom. The Kier molecular flexibility index (Phi) is 5.75. The summed E-state index contributed by atoms with van der Waals surface area (Å²) < 4.78 is 18.9. The van der Waals surface area contributed by atoms with Crippen molar-refractivity contribution < 1.29 is 23.8 Å². The molecule has 1 amide bonds. The van der Waals surface area contributed by atoms with Crippen molar-refractivity contribution in [1.29, 1.82) is 0 Å². The van der Waals surface area contributed by atoms with Crippen molar-refractivity contribution in [3.05, 3.63) is 34.1 Å². The van der Waals surface area contributed by atoms with Gasteiger partial charge in [0.1, 0.15) is 11.2 Å². The first-order valence-electron chi connectivity index (χ1n) is 7.32. The molecule has 1 aliphatic heterocycles. The van der Waals surface area contributed by atoms with Crippen LogP contribution in [0.1, 0.15) is 18.4 Å². The molecule has 0 aromatic heterocycles.